The molecule has 8 heteroatoms. The van der Waals surface area contributed by atoms with Gasteiger partial charge in [0.15, 0.2) is 6.10 Å². The molecule has 3 N–H and O–H groups in total. The van der Waals surface area contributed by atoms with Gasteiger partial charge < -0.3 is 25.2 Å². The molecule has 0 heterocycles. The average molecular weight is 491 g/mol. The summed E-state index contributed by atoms with van der Waals surface area (Å²) in [6.45, 7) is 4.38. The maximum atomic E-state index is 13.3. The lowest BCUT2D eigenvalue weighted by molar-refractivity contribution is -0.119. The Bertz CT molecular complexity index is 1140. The summed E-state index contributed by atoms with van der Waals surface area (Å²) in [5.41, 5.74) is 1.11. The van der Waals surface area contributed by atoms with Gasteiger partial charge in [-0.3, -0.25) is 4.79 Å². The minimum atomic E-state index is -1.29. The van der Waals surface area contributed by atoms with Crippen molar-refractivity contribution in [2.45, 2.75) is 38.5 Å². The van der Waals surface area contributed by atoms with Gasteiger partial charge in [-0.2, -0.15) is 0 Å². The molecule has 0 saturated carbocycles. The minimum absolute atomic E-state index is 0.122. The fraction of sp³-hybridized carbons (Fsp3) is 0.250. The molecule has 36 heavy (non-hydrogen) atoms. The summed E-state index contributed by atoms with van der Waals surface area (Å²) in [5.74, 6) is -1.37. The van der Waals surface area contributed by atoms with Crippen molar-refractivity contribution in [3.8, 4) is 0 Å². The van der Waals surface area contributed by atoms with Gasteiger partial charge in [-0.05, 0) is 44.0 Å². The summed E-state index contributed by atoms with van der Waals surface area (Å²) < 4.78 is 11.1. The summed E-state index contributed by atoms with van der Waals surface area (Å²) in [4.78, 5) is 38.1. The maximum Gasteiger partial charge on any atom is 0.408 e. The van der Waals surface area contributed by atoms with Crippen molar-refractivity contribution in [1.29, 1.82) is 0 Å². The van der Waals surface area contributed by atoms with Crippen LogP contribution in [0.2, 0.25) is 0 Å². The number of alkyl carbamates (subject to hydrolysis) is 1. The number of anilines is 1. The third-order valence-corrected chi connectivity index (χ3v) is 5.02. The minimum Gasteiger partial charge on any atom is -0.449 e. The topological polar surface area (TPSA) is 114 Å². The van der Waals surface area contributed by atoms with Crippen LogP contribution >= 0.6 is 0 Å². The van der Waals surface area contributed by atoms with Crippen LogP contribution in [0.3, 0.4) is 0 Å². The van der Waals surface area contributed by atoms with E-state index in [2.05, 4.69) is 10.6 Å². The van der Waals surface area contributed by atoms with Crippen LogP contribution in [-0.4, -0.2) is 41.3 Å². The lowest BCUT2D eigenvalue weighted by Gasteiger charge is -2.23. The highest BCUT2D eigenvalue weighted by molar-refractivity contribution is 6.03. The Morgan fingerprint density at radius 2 is 1.36 bits per heavy atom. The van der Waals surface area contributed by atoms with E-state index in [4.69, 9.17) is 9.47 Å². The number of para-hydroxylation sites is 1. The summed E-state index contributed by atoms with van der Waals surface area (Å²) >= 11 is 0. The molecule has 3 rings (SSSR count). The quantitative estimate of drug-likeness (QED) is 0.402. The molecule has 0 radical (unpaired) electrons. The van der Waals surface area contributed by atoms with Crippen molar-refractivity contribution in [2.24, 2.45) is 0 Å². The van der Waals surface area contributed by atoms with Crippen LogP contribution in [0.15, 0.2) is 84.9 Å². The molecule has 0 fully saturated rings. The Kier molecular flexibility index (Phi) is 8.81. The summed E-state index contributed by atoms with van der Waals surface area (Å²) in [5, 5.41) is 14.6. The number of carbonyl (C=O) groups is 3. The summed E-state index contributed by atoms with van der Waals surface area (Å²) in [6, 6.07) is 23.7. The third-order valence-electron chi connectivity index (χ3n) is 5.02. The van der Waals surface area contributed by atoms with E-state index in [0.29, 0.717) is 0 Å². The number of hydrogen-bond donors (Lipinski definition) is 3. The zero-order valence-electron chi connectivity index (χ0n) is 20.4. The molecular weight excluding hydrogens is 460 g/mol. The SMILES string of the molecule is CC(C)(C)OC(=O)NC(CO)C(=O)Nc1ccccc1C(=O)OC(c1ccccc1)c1ccccc1. The van der Waals surface area contributed by atoms with Crippen LogP contribution in [0.1, 0.15) is 48.4 Å². The van der Waals surface area contributed by atoms with Gasteiger partial charge in [0.2, 0.25) is 5.91 Å². The first kappa shape index (κ1) is 26.4. The van der Waals surface area contributed by atoms with E-state index in [0.717, 1.165) is 11.1 Å². The molecule has 0 bridgehead atoms. The van der Waals surface area contributed by atoms with Gasteiger partial charge in [0, 0.05) is 0 Å². The number of ether oxygens (including phenoxy) is 2. The van der Waals surface area contributed by atoms with E-state index in [9.17, 15) is 19.5 Å². The van der Waals surface area contributed by atoms with Crippen LogP contribution in [0.5, 0.6) is 0 Å². The maximum absolute atomic E-state index is 13.3. The molecule has 0 aliphatic carbocycles. The summed E-state index contributed by atoms with van der Waals surface area (Å²) in [7, 11) is 0. The van der Waals surface area contributed by atoms with Gasteiger partial charge in [0.25, 0.3) is 0 Å². The van der Waals surface area contributed by atoms with Crippen LogP contribution in [-0.2, 0) is 14.3 Å². The lowest BCUT2D eigenvalue weighted by atomic mass is 10.0. The van der Waals surface area contributed by atoms with Crippen LogP contribution in [0.25, 0.3) is 0 Å². The van der Waals surface area contributed by atoms with Gasteiger partial charge >= 0.3 is 12.1 Å². The smallest absolute Gasteiger partial charge is 0.408 e. The van der Waals surface area contributed by atoms with Crippen molar-refractivity contribution in [3.05, 3.63) is 102 Å². The Morgan fingerprint density at radius 3 is 1.89 bits per heavy atom. The number of benzene rings is 3. The zero-order valence-corrected chi connectivity index (χ0v) is 20.4. The Morgan fingerprint density at radius 1 is 0.833 bits per heavy atom. The Balaban J connectivity index is 1.79. The molecule has 1 atom stereocenters. The van der Waals surface area contributed by atoms with Crippen molar-refractivity contribution in [3.63, 3.8) is 0 Å². The molecule has 8 nitrogen and oxygen atoms in total. The van der Waals surface area contributed by atoms with Gasteiger partial charge in [-0.1, -0.05) is 72.8 Å². The molecule has 2 amide bonds. The highest BCUT2D eigenvalue weighted by Gasteiger charge is 2.26. The zero-order chi connectivity index (χ0) is 26.1. The molecule has 0 aliphatic heterocycles. The monoisotopic (exact) mass is 490 g/mol. The second-order valence-electron chi connectivity index (χ2n) is 9.02. The molecule has 1 unspecified atom stereocenters. The molecule has 0 aromatic heterocycles. The molecule has 0 spiro atoms. The van der Waals surface area contributed by atoms with Crippen molar-refractivity contribution < 1.29 is 29.0 Å². The predicted octanol–water partition coefficient (Wildman–Crippen LogP) is 4.46. The molecule has 0 saturated heterocycles. The highest BCUT2D eigenvalue weighted by Crippen LogP contribution is 2.28. The first-order valence-corrected chi connectivity index (χ1v) is 11.5. The second kappa shape index (κ2) is 12.0. The Labute approximate surface area is 210 Å². The first-order chi connectivity index (χ1) is 17.2. The van der Waals surface area contributed by atoms with Crippen molar-refractivity contribution in [2.75, 3.05) is 11.9 Å². The Hall–Kier alpha value is -4.17. The molecule has 3 aromatic carbocycles. The van der Waals surface area contributed by atoms with Gasteiger partial charge in [-0.15, -0.1) is 0 Å². The van der Waals surface area contributed by atoms with Crippen LogP contribution < -0.4 is 10.6 Å². The molecular formula is C28H30N2O6. The number of esters is 1. The van der Waals surface area contributed by atoms with Crippen LogP contribution in [0.4, 0.5) is 10.5 Å². The van der Waals surface area contributed by atoms with E-state index >= 15 is 0 Å². The molecule has 0 aliphatic rings. The van der Waals surface area contributed by atoms with Gasteiger partial charge in [0.1, 0.15) is 11.6 Å². The van der Waals surface area contributed by atoms with Crippen LogP contribution in [0, 0.1) is 0 Å². The lowest BCUT2D eigenvalue weighted by Crippen LogP contribution is -2.48. The van der Waals surface area contributed by atoms with E-state index in [1.54, 1.807) is 32.9 Å². The molecule has 188 valence electrons. The number of aliphatic hydroxyl groups excluding tert-OH is 1. The fourth-order valence-electron chi connectivity index (χ4n) is 3.39. The number of hydrogen-bond acceptors (Lipinski definition) is 6. The van der Waals surface area contributed by atoms with Crippen molar-refractivity contribution >= 4 is 23.7 Å². The van der Waals surface area contributed by atoms with Gasteiger partial charge in [0.05, 0.1) is 17.9 Å². The third kappa shape index (κ3) is 7.41. The first-order valence-electron chi connectivity index (χ1n) is 11.5. The molecule has 3 aromatic rings. The summed E-state index contributed by atoms with van der Waals surface area (Å²) in [6.07, 6.45) is -1.51. The fourth-order valence-corrected chi connectivity index (χ4v) is 3.39. The highest BCUT2D eigenvalue weighted by atomic mass is 16.6. The number of nitrogens with one attached hydrogen (secondary N) is 2. The number of aliphatic hydroxyl groups is 1. The van der Waals surface area contributed by atoms with E-state index in [-0.39, 0.29) is 11.3 Å². The largest absolute Gasteiger partial charge is 0.449 e. The van der Waals surface area contributed by atoms with Gasteiger partial charge in [-0.25, -0.2) is 9.59 Å². The van der Waals surface area contributed by atoms with E-state index in [1.807, 2.05) is 60.7 Å². The van der Waals surface area contributed by atoms with E-state index < -0.39 is 42.3 Å². The number of rotatable bonds is 8. The number of amides is 2. The standard InChI is InChI=1S/C28H30N2O6/c1-28(2,3)36-27(34)30-23(18-31)25(32)29-22-17-11-10-16-21(22)26(33)35-24(19-12-6-4-7-13-19)20-14-8-5-9-15-20/h4-17,23-24,31H,18H2,1-3H3,(H,29,32)(H,30,34). The second-order valence-corrected chi connectivity index (χ2v) is 9.02. The van der Waals surface area contributed by atoms with Crippen molar-refractivity contribution in [1.82, 2.24) is 5.32 Å². The normalized spacial score (nSPS) is 11.9. The number of carbonyl (C=O) groups excluding carboxylic acids is 3. The van der Waals surface area contributed by atoms with E-state index in [1.165, 1.54) is 12.1 Å². The predicted molar refractivity (Wildman–Crippen MR) is 135 cm³/mol. The average Bonchev–Trinajstić information content (AvgIpc) is 2.86.